The first kappa shape index (κ1) is 16.3. The van der Waals surface area contributed by atoms with E-state index in [-0.39, 0.29) is 11.6 Å². The molecule has 26 heavy (non-hydrogen) atoms. The Kier molecular flexibility index (Phi) is 3.93. The molecule has 1 aromatic heterocycles. The van der Waals surface area contributed by atoms with Gasteiger partial charge >= 0.3 is 0 Å². The molecule has 8 heteroatoms. The summed E-state index contributed by atoms with van der Waals surface area (Å²) in [7, 11) is 0. The maximum atomic E-state index is 12.9. The van der Waals surface area contributed by atoms with Crippen LogP contribution in [0.25, 0.3) is 5.69 Å². The van der Waals surface area contributed by atoms with Crippen molar-refractivity contribution >= 4 is 28.9 Å². The second-order valence-electron chi connectivity index (χ2n) is 5.93. The number of anilines is 1. The van der Waals surface area contributed by atoms with Crippen molar-refractivity contribution in [3.05, 3.63) is 81.1 Å². The average molecular weight is 369 g/mol. The molecule has 4 rings (SSSR count). The highest BCUT2D eigenvalue weighted by molar-refractivity contribution is 6.30. The standard InChI is InChI=1S/C18H13ClN4O3/c19-14-2-1-3-15(9-14)22-11-13(10-20-22)18(24)21-7-6-12-8-16(23(25)26)4-5-17(12)21/h1-5,8-11H,6-7H2. The Morgan fingerprint density at radius 1 is 1.23 bits per heavy atom. The molecule has 2 heterocycles. The van der Waals surface area contributed by atoms with E-state index in [0.717, 1.165) is 11.3 Å². The van der Waals surface area contributed by atoms with Crippen molar-refractivity contribution in [1.29, 1.82) is 0 Å². The maximum absolute atomic E-state index is 12.9. The van der Waals surface area contributed by atoms with Crippen LogP contribution in [0.4, 0.5) is 11.4 Å². The molecule has 2 aromatic carbocycles. The number of amides is 1. The zero-order chi connectivity index (χ0) is 18.3. The number of benzene rings is 2. The van der Waals surface area contributed by atoms with Crippen LogP contribution in [-0.2, 0) is 6.42 Å². The molecule has 0 atom stereocenters. The van der Waals surface area contributed by atoms with Crippen molar-refractivity contribution in [3.8, 4) is 5.69 Å². The Labute approximate surface area is 153 Å². The third-order valence-electron chi connectivity index (χ3n) is 4.32. The second-order valence-corrected chi connectivity index (χ2v) is 6.37. The smallest absolute Gasteiger partial charge is 0.269 e. The minimum atomic E-state index is -0.431. The van der Waals surface area contributed by atoms with E-state index in [1.165, 1.54) is 18.3 Å². The number of carbonyl (C=O) groups is 1. The molecule has 1 amide bonds. The van der Waals surface area contributed by atoms with Crippen LogP contribution >= 0.6 is 11.6 Å². The number of nitro benzene ring substituents is 1. The summed E-state index contributed by atoms with van der Waals surface area (Å²) in [5.41, 5.74) is 2.74. The number of non-ortho nitro benzene ring substituents is 1. The summed E-state index contributed by atoms with van der Waals surface area (Å²) >= 11 is 5.99. The van der Waals surface area contributed by atoms with Crippen LogP contribution in [0.1, 0.15) is 15.9 Å². The van der Waals surface area contributed by atoms with E-state index in [1.807, 2.05) is 12.1 Å². The fraction of sp³-hybridized carbons (Fsp3) is 0.111. The molecule has 0 bridgehead atoms. The lowest BCUT2D eigenvalue weighted by molar-refractivity contribution is -0.384. The van der Waals surface area contributed by atoms with Gasteiger partial charge in [0.25, 0.3) is 11.6 Å². The van der Waals surface area contributed by atoms with Gasteiger partial charge < -0.3 is 4.90 Å². The van der Waals surface area contributed by atoms with Crippen molar-refractivity contribution in [2.24, 2.45) is 0 Å². The molecular weight excluding hydrogens is 356 g/mol. The topological polar surface area (TPSA) is 81.3 Å². The van der Waals surface area contributed by atoms with Crippen molar-refractivity contribution in [2.75, 3.05) is 11.4 Å². The lowest BCUT2D eigenvalue weighted by Gasteiger charge is -2.16. The quantitative estimate of drug-likeness (QED) is 0.522. The van der Waals surface area contributed by atoms with Crippen molar-refractivity contribution in [2.45, 2.75) is 6.42 Å². The molecule has 0 N–H and O–H groups in total. The first-order chi connectivity index (χ1) is 12.5. The number of hydrogen-bond acceptors (Lipinski definition) is 4. The molecule has 0 aliphatic carbocycles. The van der Waals surface area contributed by atoms with Crippen LogP contribution < -0.4 is 4.90 Å². The summed E-state index contributed by atoms with van der Waals surface area (Å²) in [4.78, 5) is 24.9. The van der Waals surface area contributed by atoms with Gasteiger partial charge in [-0.25, -0.2) is 4.68 Å². The molecule has 0 radical (unpaired) electrons. The van der Waals surface area contributed by atoms with Crippen LogP contribution in [0, 0.1) is 10.1 Å². The van der Waals surface area contributed by atoms with E-state index in [4.69, 9.17) is 11.6 Å². The maximum Gasteiger partial charge on any atom is 0.269 e. The monoisotopic (exact) mass is 368 g/mol. The van der Waals surface area contributed by atoms with E-state index >= 15 is 0 Å². The molecule has 0 unspecified atom stereocenters. The third kappa shape index (κ3) is 2.82. The van der Waals surface area contributed by atoms with Gasteiger partial charge in [-0.3, -0.25) is 14.9 Å². The van der Waals surface area contributed by atoms with E-state index in [2.05, 4.69) is 5.10 Å². The predicted molar refractivity (Wildman–Crippen MR) is 97.1 cm³/mol. The Morgan fingerprint density at radius 3 is 2.85 bits per heavy atom. The Hall–Kier alpha value is -3.19. The molecule has 3 aromatic rings. The SMILES string of the molecule is O=C(c1cnn(-c2cccc(Cl)c2)c1)N1CCc2cc([N+](=O)[O-])ccc21. The highest BCUT2D eigenvalue weighted by Crippen LogP contribution is 2.32. The molecule has 7 nitrogen and oxygen atoms in total. The molecule has 0 fully saturated rings. The van der Waals surface area contributed by atoms with Crippen LogP contribution in [0.3, 0.4) is 0 Å². The lowest BCUT2D eigenvalue weighted by Crippen LogP contribution is -2.28. The number of hydrogen-bond donors (Lipinski definition) is 0. The second kappa shape index (κ2) is 6.27. The number of rotatable bonds is 3. The van der Waals surface area contributed by atoms with Gasteiger partial charge in [0, 0.05) is 35.6 Å². The normalized spacial score (nSPS) is 12.9. The van der Waals surface area contributed by atoms with Gasteiger partial charge in [0.1, 0.15) is 0 Å². The van der Waals surface area contributed by atoms with Gasteiger partial charge in [-0.2, -0.15) is 5.10 Å². The van der Waals surface area contributed by atoms with E-state index in [1.54, 1.807) is 34.0 Å². The van der Waals surface area contributed by atoms with Crippen LogP contribution in [0.2, 0.25) is 5.02 Å². The highest BCUT2D eigenvalue weighted by Gasteiger charge is 2.28. The zero-order valence-corrected chi connectivity index (χ0v) is 14.3. The number of nitrogens with zero attached hydrogens (tertiary/aromatic N) is 4. The van der Waals surface area contributed by atoms with E-state index < -0.39 is 4.92 Å². The number of aromatic nitrogens is 2. The Balaban J connectivity index is 1.61. The van der Waals surface area contributed by atoms with Gasteiger partial charge in [-0.1, -0.05) is 17.7 Å². The van der Waals surface area contributed by atoms with Crippen LogP contribution in [-0.4, -0.2) is 27.2 Å². The third-order valence-corrected chi connectivity index (χ3v) is 4.55. The summed E-state index contributed by atoms with van der Waals surface area (Å²) in [5.74, 6) is -0.189. The van der Waals surface area contributed by atoms with Crippen molar-refractivity contribution in [1.82, 2.24) is 9.78 Å². The fourth-order valence-electron chi connectivity index (χ4n) is 3.06. The summed E-state index contributed by atoms with van der Waals surface area (Å²) in [5, 5.41) is 15.7. The van der Waals surface area contributed by atoms with Gasteiger partial charge in [0.2, 0.25) is 0 Å². The number of nitro groups is 1. The summed E-state index contributed by atoms with van der Waals surface area (Å²) in [6, 6.07) is 11.7. The van der Waals surface area contributed by atoms with E-state index in [9.17, 15) is 14.9 Å². The van der Waals surface area contributed by atoms with Crippen LogP contribution in [0.5, 0.6) is 0 Å². The molecule has 0 saturated carbocycles. The van der Waals surface area contributed by atoms with Gasteiger partial charge in [0.05, 0.1) is 22.4 Å². The summed E-state index contributed by atoms with van der Waals surface area (Å²) < 4.78 is 1.59. The fourth-order valence-corrected chi connectivity index (χ4v) is 3.25. The number of carbonyl (C=O) groups excluding carboxylic acids is 1. The predicted octanol–water partition coefficient (Wildman–Crippen LogP) is 3.64. The molecular formula is C18H13ClN4O3. The molecule has 1 aliphatic heterocycles. The Morgan fingerprint density at radius 2 is 2.08 bits per heavy atom. The zero-order valence-electron chi connectivity index (χ0n) is 13.5. The minimum Gasteiger partial charge on any atom is -0.308 e. The Bertz CT molecular complexity index is 1030. The van der Waals surface area contributed by atoms with Crippen LogP contribution in [0.15, 0.2) is 54.9 Å². The molecule has 1 aliphatic rings. The highest BCUT2D eigenvalue weighted by atomic mass is 35.5. The summed E-state index contributed by atoms with van der Waals surface area (Å²) in [6.45, 7) is 0.484. The van der Waals surface area contributed by atoms with E-state index in [0.29, 0.717) is 29.2 Å². The first-order valence-electron chi connectivity index (χ1n) is 7.93. The first-order valence-corrected chi connectivity index (χ1v) is 8.30. The average Bonchev–Trinajstić information content (AvgIpc) is 3.28. The molecule has 0 saturated heterocycles. The molecule has 130 valence electrons. The van der Waals surface area contributed by atoms with Gasteiger partial charge in [-0.15, -0.1) is 0 Å². The number of fused-ring (bicyclic) bond motifs is 1. The van der Waals surface area contributed by atoms with Gasteiger partial charge in [-0.05, 0) is 36.2 Å². The van der Waals surface area contributed by atoms with Crippen molar-refractivity contribution < 1.29 is 9.72 Å². The lowest BCUT2D eigenvalue weighted by atomic mass is 10.1. The molecule has 0 spiro atoms. The van der Waals surface area contributed by atoms with Crippen molar-refractivity contribution in [3.63, 3.8) is 0 Å². The number of halogens is 1. The summed E-state index contributed by atoms with van der Waals surface area (Å²) in [6.07, 6.45) is 3.75. The largest absolute Gasteiger partial charge is 0.308 e. The van der Waals surface area contributed by atoms with Gasteiger partial charge in [0.15, 0.2) is 0 Å². The minimum absolute atomic E-state index is 0.0341.